The number of rotatable bonds is 4. The van der Waals surface area contributed by atoms with Crippen LogP contribution in [-0.2, 0) is 19.1 Å². The molecule has 0 aromatic heterocycles. The highest BCUT2D eigenvalue weighted by Gasteiger charge is 2.39. The fraction of sp³-hybridized carbons (Fsp3) is 0.263. The molecule has 0 spiro atoms. The first-order valence-electron chi connectivity index (χ1n) is 8.01. The first kappa shape index (κ1) is 18.7. The molecule has 2 aromatic rings. The number of nitrogens with one attached hydrogen (secondary N) is 1. The number of hydrogen-bond donors (Lipinski definition) is 1. The molecule has 7 heteroatoms. The van der Waals surface area contributed by atoms with Crippen molar-refractivity contribution in [3.63, 3.8) is 0 Å². The van der Waals surface area contributed by atoms with Gasteiger partial charge in [-0.3, -0.25) is 9.59 Å². The molecule has 5 nitrogen and oxygen atoms in total. The molecule has 26 heavy (non-hydrogen) atoms. The number of halogens is 2. The van der Waals surface area contributed by atoms with Gasteiger partial charge in [-0.05, 0) is 35.4 Å². The Balaban J connectivity index is 1.95. The van der Waals surface area contributed by atoms with Crippen molar-refractivity contribution in [2.45, 2.75) is 24.7 Å². The summed E-state index contributed by atoms with van der Waals surface area (Å²) in [5.74, 6) is -0.881. The van der Waals surface area contributed by atoms with E-state index >= 15 is 0 Å². The SMILES string of the molecule is COC(=O)C[C@H]1O[C@H](c2cccc(Cl)c2)[C@@H](c2ccc(Cl)cc2)NC1=O. The molecular weight excluding hydrogens is 377 g/mol. The monoisotopic (exact) mass is 393 g/mol. The summed E-state index contributed by atoms with van der Waals surface area (Å²) in [6, 6.07) is 13.9. The van der Waals surface area contributed by atoms with Crippen molar-refractivity contribution in [2.75, 3.05) is 7.11 Å². The second kappa shape index (κ2) is 8.08. The van der Waals surface area contributed by atoms with E-state index < -0.39 is 24.2 Å². The average molecular weight is 394 g/mol. The number of hydrogen-bond acceptors (Lipinski definition) is 4. The lowest BCUT2D eigenvalue weighted by Gasteiger charge is -2.37. The summed E-state index contributed by atoms with van der Waals surface area (Å²) in [5, 5.41) is 4.10. The normalized spacial score (nSPS) is 22.6. The lowest BCUT2D eigenvalue weighted by molar-refractivity contribution is -0.160. The van der Waals surface area contributed by atoms with Crippen molar-refractivity contribution in [3.8, 4) is 0 Å². The van der Waals surface area contributed by atoms with Crippen LogP contribution in [0.25, 0.3) is 0 Å². The van der Waals surface area contributed by atoms with Crippen molar-refractivity contribution < 1.29 is 19.1 Å². The van der Waals surface area contributed by atoms with Crippen LogP contribution in [0.1, 0.15) is 29.7 Å². The molecule has 0 unspecified atom stereocenters. The molecule has 3 atom stereocenters. The number of esters is 1. The standard InChI is InChI=1S/C19H17Cl2NO4/c1-25-16(23)10-15-19(24)22-17(11-5-7-13(20)8-6-11)18(26-15)12-3-2-4-14(21)9-12/h2-9,15,17-18H,10H2,1H3,(H,22,24)/t15-,17-,18-/m1/s1. The Morgan fingerprint density at radius 1 is 1.12 bits per heavy atom. The minimum absolute atomic E-state index is 0.160. The van der Waals surface area contributed by atoms with E-state index in [9.17, 15) is 9.59 Å². The van der Waals surface area contributed by atoms with Crippen LogP contribution in [0.4, 0.5) is 0 Å². The van der Waals surface area contributed by atoms with Gasteiger partial charge in [-0.15, -0.1) is 0 Å². The van der Waals surface area contributed by atoms with E-state index in [1.54, 1.807) is 24.3 Å². The number of carbonyl (C=O) groups is 2. The Morgan fingerprint density at radius 2 is 1.85 bits per heavy atom. The topological polar surface area (TPSA) is 64.6 Å². The van der Waals surface area contributed by atoms with Gasteiger partial charge in [-0.25, -0.2) is 0 Å². The number of benzene rings is 2. The summed E-state index contributed by atoms with van der Waals surface area (Å²) in [6.45, 7) is 0. The summed E-state index contributed by atoms with van der Waals surface area (Å²) in [4.78, 5) is 24.0. The molecular formula is C19H17Cl2NO4. The smallest absolute Gasteiger partial charge is 0.308 e. The summed E-state index contributed by atoms with van der Waals surface area (Å²) < 4.78 is 10.7. The van der Waals surface area contributed by atoms with Gasteiger partial charge in [0.05, 0.1) is 19.6 Å². The van der Waals surface area contributed by atoms with E-state index in [4.69, 9.17) is 27.9 Å². The molecule has 0 aliphatic carbocycles. The van der Waals surface area contributed by atoms with Gasteiger partial charge < -0.3 is 14.8 Å². The predicted molar refractivity (Wildman–Crippen MR) is 98.0 cm³/mol. The fourth-order valence-electron chi connectivity index (χ4n) is 2.90. The zero-order valence-corrected chi connectivity index (χ0v) is 15.5. The maximum absolute atomic E-state index is 12.4. The minimum atomic E-state index is -0.935. The van der Waals surface area contributed by atoms with E-state index in [0.717, 1.165) is 11.1 Å². The van der Waals surface area contributed by atoms with Crippen molar-refractivity contribution in [3.05, 3.63) is 69.7 Å². The Labute approximate surface area is 161 Å². The molecule has 0 bridgehead atoms. The zero-order valence-electron chi connectivity index (χ0n) is 13.9. The van der Waals surface area contributed by atoms with E-state index in [2.05, 4.69) is 10.1 Å². The van der Waals surface area contributed by atoms with Gasteiger partial charge in [0.25, 0.3) is 0 Å². The number of methoxy groups -OCH3 is 1. The van der Waals surface area contributed by atoms with Crippen LogP contribution in [-0.4, -0.2) is 25.1 Å². The molecule has 0 saturated carbocycles. The van der Waals surface area contributed by atoms with Gasteiger partial charge in [-0.2, -0.15) is 0 Å². The number of morpholine rings is 1. The zero-order chi connectivity index (χ0) is 18.7. The Hall–Kier alpha value is -2.08. The summed E-state index contributed by atoms with van der Waals surface area (Å²) in [6.07, 6.45) is -1.61. The first-order chi connectivity index (χ1) is 12.5. The van der Waals surface area contributed by atoms with Crippen molar-refractivity contribution in [1.29, 1.82) is 0 Å². The Morgan fingerprint density at radius 3 is 2.50 bits per heavy atom. The third-order valence-corrected chi connectivity index (χ3v) is 4.68. The molecule has 1 heterocycles. The highest BCUT2D eigenvalue weighted by atomic mass is 35.5. The molecule has 2 aromatic carbocycles. The largest absolute Gasteiger partial charge is 0.469 e. The van der Waals surface area contributed by atoms with Crippen LogP contribution in [0.5, 0.6) is 0 Å². The molecule has 136 valence electrons. The average Bonchev–Trinajstić information content (AvgIpc) is 2.63. The second-order valence-electron chi connectivity index (χ2n) is 5.92. The molecule has 1 N–H and O–H groups in total. The Kier molecular flexibility index (Phi) is 5.81. The van der Waals surface area contributed by atoms with Crippen LogP contribution in [0, 0.1) is 0 Å². The summed E-state index contributed by atoms with van der Waals surface area (Å²) >= 11 is 12.1. The van der Waals surface area contributed by atoms with Gasteiger partial charge in [0, 0.05) is 10.0 Å². The van der Waals surface area contributed by atoms with Gasteiger partial charge >= 0.3 is 5.97 Å². The van der Waals surface area contributed by atoms with Crippen LogP contribution in [0.2, 0.25) is 10.0 Å². The summed E-state index contributed by atoms with van der Waals surface area (Å²) in [7, 11) is 1.27. The highest BCUT2D eigenvalue weighted by molar-refractivity contribution is 6.30. The van der Waals surface area contributed by atoms with Crippen LogP contribution >= 0.6 is 23.2 Å². The van der Waals surface area contributed by atoms with Gasteiger partial charge in [0.15, 0.2) is 0 Å². The van der Waals surface area contributed by atoms with Gasteiger partial charge in [-0.1, -0.05) is 47.5 Å². The summed E-state index contributed by atoms with van der Waals surface area (Å²) in [5.41, 5.74) is 1.64. The van der Waals surface area contributed by atoms with E-state index in [0.29, 0.717) is 10.0 Å². The number of carbonyl (C=O) groups excluding carboxylic acids is 2. The number of ether oxygens (including phenoxy) is 2. The van der Waals surface area contributed by atoms with Gasteiger partial charge in [0.1, 0.15) is 12.2 Å². The maximum Gasteiger partial charge on any atom is 0.308 e. The quantitative estimate of drug-likeness (QED) is 0.801. The molecule has 1 aliphatic rings. The highest BCUT2D eigenvalue weighted by Crippen LogP contribution is 2.38. The van der Waals surface area contributed by atoms with E-state index in [1.807, 2.05) is 24.3 Å². The van der Waals surface area contributed by atoms with Crippen LogP contribution in [0.15, 0.2) is 48.5 Å². The van der Waals surface area contributed by atoms with E-state index in [1.165, 1.54) is 7.11 Å². The van der Waals surface area contributed by atoms with Crippen molar-refractivity contribution in [2.24, 2.45) is 0 Å². The first-order valence-corrected chi connectivity index (χ1v) is 8.77. The predicted octanol–water partition coefficient (Wildman–Crippen LogP) is 3.85. The Bertz CT molecular complexity index is 809. The second-order valence-corrected chi connectivity index (χ2v) is 6.79. The number of amides is 1. The third-order valence-electron chi connectivity index (χ3n) is 4.19. The lowest BCUT2D eigenvalue weighted by atomic mass is 9.93. The molecule has 1 saturated heterocycles. The molecule has 3 rings (SSSR count). The minimum Gasteiger partial charge on any atom is -0.469 e. The van der Waals surface area contributed by atoms with Crippen LogP contribution < -0.4 is 5.32 Å². The van der Waals surface area contributed by atoms with Gasteiger partial charge in [0.2, 0.25) is 5.91 Å². The van der Waals surface area contributed by atoms with Crippen molar-refractivity contribution >= 4 is 35.1 Å². The van der Waals surface area contributed by atoms with Crippen LogP contribution in [0.3, 0.4) is 0 Å². The molecule has 1 amide bonds. The lowest BCUT2D eigenvalue weighted by Crippen LogP contribution is -2.48. The van der Waals surface area contributed by atoms with Crippen molar-refractivity contribution in [1.82, 2.24) is 5.32 Å². The molecule has 1 fully saturated rings. The molecule has 0 radical (unpaired) electrons. The van der Waals surface area contributed by atoms with E-state index in [-0.39, 0.29) is 12.3 Å². The maximum atomic E-state index is 12.4. The fourth-order valence-corrected chi connectivity index (χ4v) is 3.22. The third kappa shape index (κ3) is 4.18. The molecule has 1 aliphatic heterocycles.